The van der Waals surface area contributed by atoms with E-state index < -0.39 is 8.07 Å². The largest absolute Gasteiger partial charge is 0.307 e. The summed E-state index contributed by atoms with van der Waals surface area (Å²) >= 11 is 0. The van der Waals surface area contributed by atoms with E-state index in [0.717, 1.165) is 11.4 Å². The third kappa shape index (κ3) is 5.93. The molecule has 12 rings (SSSR count). The van der Waals surface area contributed by atoms with E-state index in [1.165, 1.54) is 86.6 Å². The first-order valence-corrected chi connectivity index (χ1v) is 23.8. The molecule has 0 N–H and O–H groups in total. The first kappa shape index (κ1) is 36.8. The molecule has 3 heteroatoms. The molecule has 10 aromatic carbocycles. The van der Waals surface area contributed by atoms with Crippen LogP contribution in [-0.4, -0.2) is 17.2 Å². The van der Waals surface area contributed by atoms with Crippen molar-refractivity contribution < 1.29 is 0 Å². The summed E-state index contributed by atoms with van der Waals surface area (Å²) in [7, 11) is -2.79. The van der Waals surface area contributed by atoms with E-state index in [0.29, 0.717) is 0 Å². The van der Waals surface area contributed by atoms with E-state index in [-0.39, 0.29) is 0 Å². The maximum atomic E-state index is 2.54. The molecule has 2 aromatic heterocycles. The molecule has 0 aliphatic rings. The van der Waals surface area contributed by atoms with Gasteiger partial charge in [0.2, 0.25) is 0 Å². The van der Waals surface area contributed by atoms with Crippen LogP contribution < -0.4 is 20.7 Å². The molecule has 0 amide bonds. The summed E-state index contributed by atoms with van der Waals surface area (Å²) in [5, 5.41) is 10.4. The maximum Gasteiger partial charge on any atom is 0.179 e. The van der Waals surface area contributed by atoms with Gasteiger partial charge in [0.05, 0.1) is 27.8 Å². The Labute approximate surface area is 368 Å². The molecule has 0 atom stereocenters. The highest BCUT2D eigenvalue weighted by molar-refractivity contribution is 7.20. The minimum absolute atomic E-state index is 1.13. The second kappa shape index (κ2) is 15.2. The Morgan fingerprint density at radius 2 is 0.714 bits per heavy atom. The van der Waals surface area contributed by atoms with Gasteiger partial charge < -0.3 is 9.13 Å². The molecular weight excluding hydrogens is 777 g/mol. The average molecular weight is 819 g/mol. The fourth-order valence-corrected chi connectivity index (χ4v) is 15.1. The zero-order chi connectivity index (χ0) is 41.7. The fraction of sp³-hybridized carbons (Fsp3) is 0. The number of benzene rings is 10. The van der Waals surface area contributed by atoms with Crippen LogP contribution in [0.1, 0.15) is 0 Å². The molecule has 0 aliphatic carbocycles. The van der Waals surface area contributed by atoms with Gasteiger partial charge in [0, 0.05) is 27.2 Å². The summed E-state index contributed by atoms with van der Waals surface area (Å²) in [6, 6.07) is 94.3. The van der Waals surface area contributed by atoms with Gasteiger partial charge in [-0.2, -0.15) is 0 Å². The van der Waals surface area contributed by atoms with E-state index in [1.54, 1.807) is 0 Å². The topological polar surface area (TPSA) is 9.86 Å². The molecule has 0 aliphatic heterocycles. The maximum absolute atomic E-state index is 2.79. The van der Waals surface area contributed by atoms with Crippen LogP contribution in [0, 0.1) is 0 Å². The number of aromatic nitrogens is 2. The third-order valence-corrected chi connectivity index (χ3v) is 17.8. The zero-order valence-corrected chi connectivity index (χ0v) is 35.6. The minimum Gasteiger partial charge on any atom is -0.307 e. The number of rotatable bonds is 8. The Balaban J connectivity index is 1.20. The smallest absolute Gasteiger partial charge is 0.179 e. The van der Waals surface area contributed by atoms with Gasteiger partial charge in [-0.05, 0) is 85.5 Å². The molecule has 2 nitrogen and oxygen atoms in total. The molecule has 296 valence electrons. The Kier molecular flexibility index (Phi) is 8.87. The van der Waals surface area contributed by atoms with Crippen LogP contribution in [0.25, 0.3) is 77.2 Å². The summed E-state index contributed by atoms with van der Waals surface area (Å²) in [5.74, 6) is 0. The molecule has 63 heavy (non-hydrogen) atoms. The second-order valence-electron chi connectivity index (χ2n) is 16.5. The fourth-order valence-electron chi connectivity index (χ4n) is 10.3. The number of nitrogens with zero attached hydrogens (tertiary/aromatic N) is 2. The first-order chi connectivity index (χ1) is 31.3. The number of hydrogen-bond donors (Lipinski definition) is 0. The summed E-state index contributed by atoms with van der Waals surface area (Å²) in [6.45, 7) is 0. The Morgan fingerprint density at radius 3 is 1.30 bits per heavy atom. The average Bonchev–Trinajstić information content (AvgIpc) is 3.88. The van der Waals surface area contributed by atoms with E-state index in [4.69, 9.17) is 0 Å². The van der Waals surface area contributed by atoms with Crippen LogP contribution in [0.4, 0.5) is 0 Å². The van der Waals surface area contributed by atoms with Crippen LogP contribution in [0.3, 0.4) is 0 Å². The highest BCUT2D eigenvalue weighted by Gasteiger charge is 2.41. The van der Waals surface area contributed by atoms with Crippen LogP contribution in [0.15, 0.2) is 255 Å². The lowest BCUT2D eigenvalue weighted by molar-refractivity contribution is 1.13. The van der Waals surface area contributed by atoms with Gasteiger partial charge in [0.1, 0.15) is 0 Å². The molecule has 2 heterocycles. The Bertz CT molecular complexity index is 3500. The van der Waals surface area contributed by atoms with E-state index in [1.807, 2.05) is 0 Å². The second-order valence-corrected chi connectivity index (χ2v) is 20.3. The summed E-state index contributed by atoms with van der Waals surface area (Å²) in [4.78, 5) is 0. The molecule has 12 aromatic rings. The van der Waals surface area contributed by atoms with E-state index in [2.05, 4.69) is 264 Å². The molecule has 0 bridgehead atoms. The van der Waals surface area contributed by atoms with Crippen molar-refractivity contribution >= 4 is 72.4 Å². The van der Waals surface area contributed by atoms with Crippen molar-refractivity contribution in [2.45, 2.75) is 0 Å². The predicted octanol–water partition coefficient (Wildman–Crippen LogP) is 12.6. The number of fused-ring (bicyclic) bond motifs is 6. The van der Waals surface area contributed by atoms with Crippen molar-refractivity contribution in [3.8, 4) is 33.6 Å². The number of para-hydroxylation sites is 2. The molecule has 0 saturated heterocycles. The quantitative estimate of drug-likeness (QED) is 0.107. The van der Waals surface area contributed by atoms with Crippen molar-refractivity contribution in [2.24, 2.45) is 0 Å². The van der Waals surface area contributed by atoms with Gasteiger partial charge in [-0.25, -0.2) is 0 Å². The molecule has 0 saturated carbocycles. The normalized spacial score (nSPS) is 11.8. The standard InChI is InChI=1S/C60H42N2Si/c1-6-21-43(22-7-1)45-25-20-26-47(39-45)61-56-35-18-17-34-53(56)55-40-46(44-23-8-2-9-24-44)41-59(60(55)61)62-57-36-19-16-33-52(57)54-42-51(37-38-58(54)62)63(48-27-10-3-11-28-48,49-29-12-4-13-30-49)50-31-14-5-15-32-50/h1-42H. The minimum atomic E-state index is -2.79. The van der Waals surface area contributed by atoms with Crippen molar-refractivity contribution in [3.63, 3.8) is 0 Å². The first-order valence-electron chi connectivity index (χ1n) is 21.8. The molecule has 0 unspecified atom stereocenters. The molecule has 0 radical (unpaired) electrons. The zero-order valence-electron chi connectivity index (χ0n) is 34.6. The number of hydrogen-bond acceptors (Lipinski definition) is 0. The molecule has 0 fully saturated rings. The van der Waals surface area contributed by atoms with Gasteiger partial charge in [-0.3, -0.25) is 0 Å². The third-order valence-electron chi connectivity index (χ3n) is 13.0. The van der Waals surface area contributed by atoms with E-state index >= 15 is 0 Å². The SMILES string of the molecule is c1ccc(-c2cccc(-n3c4ccccc4c4cc(-c5ccccc5)cc(-n5c6ccccc6c6cc([Si](c7ccccc7)(c7ccccc7)c7ccccc7)ccc65)c43)c2)cc1. The van der Waals surface area contributed by atoms with Gasteiger partial charge in [0.15, 0.2) is 8.07 Å². The predicted molar refractivity (Wildman–Crippen MR) is 270 cm³/mol. The molecule has 0 spiro atoms. The van der Waals surface area contributed by atoms with Crippen LogP contribution >= 0.6 is 0 Å². The van der Waals surface area contributed by atoms with Crippen molar-refractivity contribution in [2.75, 3.05) is 0 Å². The van der Waals surface area contributed by atoms with Crippen molar-refractivity contribution in [1.29, 1.82) is 0 Å². The van der Waals surface area contributed by atoms with Crippen LogP contribution in [-0.2, 0) is 0 Å². The molecular formula is C60H42N2Si. The Hall–Kier alpha value is -7.98. The Morgan fingerprint density at radius 1 is 0.254 bits per heavy atom. The van der Waals surface area contributed by atoms with Gasteiger partial charge in [-0.15, -0.1) is 0 Å². The highest BCUT2D eigenvalue weighted by Crippen LogP contribution is 2.42. The lowest BCUT2D eigenvalue weighted by Crippen LogP contribution is -2.74. The van der Waals surface area contributed by atoms with Gasteiger partial charge in [-0.1, -0.05) is 212 Å². The highest BCUT2D eigenvalue weighted by atomic mass is 28.3. The van der Waals surface area contributed by atoms with E-state index in [9.17, 15) is 0 Å². The lowest BCUT2D eigenvalue weighted by atomic mass is 10.0. The lowest BCUT2D eigenvalue weighted by Gasteiger charge is -2.34. The summed E-state index contributed by atoms with van der Waals surface area (Å²) in [5.41, 5.74) is 11.7. The van der Waals surface area contributed by atoms with Gasteiger partial charge >= 0.3 is 0 Å². The van der Waals surface area contributed by atoms with Gasteiger partial charge in [0.25, 0.3) is 0 Å². The summed E-state index contributed by atoms with van der Waals surface area (Å²) in [6.07, 6.45) is 0. The van der Waals surface area contributed by atoms with Crippen molar-refractivity contribution in [1.82, 2.24) is 9.13 Å². The van der Waals surface area contributed by atoms with Crippen molar-refractivity contribution in [3.05, 3.63) is 255 Å². The summed E-state index contributed by atoms with van der Waals surface area (Å²) < 4.78 is 5.03. The monoisotopic (exact) mass is 818 g/mol. The van der Waals surface area contributed by atoms with Crippen LogP contribution in [0.2, 0.25) is 0 Å². The van der Waals surface area contributed by atoms with Crippen LogP contribution in [0.5, 0.6) is 0 Å².